The van der Waals surface area contributed by atoms with E-state index in [4.69, 9.17) is 0 Å². The van der Waals surface area contributed by atoms with Gasteiger partial charge in [-0.25, -0.2) is 12.1 Å². The molecule has 0 amide bonds. The summed E-state index contributed by atoms with van der Waals surface area (Å²) in [7, 11) is 0. The predicted octanol–water partition coefficient (Wildman–Crippen LogP) is 1.02. The van der Waals surface area contributed by atoms with Gasteiger partial charge in [0.1, 0.15) is 0 Å². The number of para-hydroxylation sites is 1. The molecule has 1 nitrogen and oxygen atoms in total. The average Bonchev–Trinajstić information content (AvgIpc) is 3.47. The standard InChI is InChI=1S/C20H16N.C7H9.2BrH.Zr/c1-2-7-15-13-16(12-14(15)6-1)21-19-10-4-3-8-17(19)18-9-5-11-20(18)21;1-6-4-3-5-7(6)2;;;/h1-4,6-8,10,12-13H,5,9,11H2;3-5H,1-2H3;2*1H;/q2*-1;;;+4/p-2. The number of nitrogens with zero attached hydrogens (tertiary/aromatic N) is 1. The van der Waals surface area contributed by atoms with Gasteiger partial charge in [0.2, 0.25) is 0 Å². The fourth-order valence-electron chi connectivity index (χ4n) is 4.49. The number of aromatic nitrogens is 1. The van der Waals surface area contributed by atoms with E-state index in [-0.39, 0.29) is 60.2 Å². The van der Waals surface area contributed by atoms with Gasteiger partial charge in [-0.15, -0.1) is 41.1 Å². The van der Waals surface area contributed by atoms with E-state index < -0.39 is 0 Å². The Bertz CT molecular complexity index is 1230. The van der Waals surface area contributed by atoms with Crippen molar-refractivity contribution >= 4 is 21.7 Å². The minimum atomic E-state index is 0. The predicted molar refractivity (Wildman–Crippen MR) is 120 cm³/mol. The van der Waals surface area contributed by atoms with Crippen molar-refractivity contribution in [2.24, 2.45) is 0 Å². The Morgan fingerprint density at radius 2 is 1.65 bits per heavy atom. The number of hydrogen-bond donors (Lipinski definition) is 0. The van der Waals surface area contributed by atoms with Crippen LogP contribution < -0.4 is 34.0 Å². The first-order chi connectivity index (χ1) is 13.7. The molecule has 0 N–H and O–H groups in total. The van der Waals surface area contributed by atoms with Crippen LogP contribution in [0.2, 0.25) is 0 Å². The second kappa shape index (κ2) is 11.1. The third-order valence-electron chi connectivity index (χ3n) is 6.10. The van der Waals surface area contributed by atoms with Crippen LogP contribution in [-0.4, -0.2) is 4.57 Å². The molecule has 0 aliphatic heterocycles. The molecule has 0 bridgehead atoms. The van der Waals surface area contributed by atoms with E-state index in [1.165, 1.54) is 63.4 Å². The molecule has 0 saturated heterocycles. The van der Waals surface area contributed by atoms with E-state index in [0.29, 0.717) is 0 Å². The van der Waals surface area contributed by atoms with Crippen molar-refractivity contribution in [3.05, 3.63) is 101 Å². The summed E-state index contributed by atoms with van der Waals surface area (Å²) in [6.07, 6.45) is 3.71. The topological polar surface area (TPSA) is 4.93 Å². The van der Waals surface area contributed by atoms with Crippen molar-refractivity contribution in [3.63, 3.8) is 0 Å². The second-order valence-corrected chi connectivity index (χ2v) is 7.87. The van der Waals surface area contributed by atoms with Gasteiger partial charge in [-0.1, -0.05) is 38.1 Å². The molecule has 4 aromatic carbocycles. The van der Waals surface area contributed by atoms with Gasteiger partial charge in [0, 0.05) is 11.1 Å². The Balaban J connectivity index is 0.000000298. The molecule has 0 atom stereocenters. The van der Waals surface area contributed by atoms with Gasteiger partial charge in [0.05, 0.1) is 5.52 Å². The summed E-state index contributed by atoms with van der Waals surface area (Å²) in [5.41, 5.74) is 8.54. The average molecular weight is 615 g/mol. The molecule has 0 fully saturated rings. The molecular formula is C27H25Br2NZr. The van der Waals surface area contributed by atoms with E-state index in [1.807, 2.05) is 0 Å². The molecule has 6 rings (SSSR count). The Morgan fingerprint density at radius 3 is 2.32 bits per heavy atom. The van der Waals surface area contributed by atoms with Gasteiger partial charge in [-0.3, -0.25) is 0 Å². The quantitative estimate of drug-likeness (QED) is 0.249. The Labute approximate surface area is 224 Å². The van der Waals surface area contributed by atoms with Crippen molar-refractivity contribution in [3.8, 4) is 5.69 Å². The summed E-state index contributed by atoms with van der Waals surface area (Å²) in [5, 5.41) is 4.10. The van der Waals surface area contributed by atoms with Crippen molar-refractivity contribution < 1.29 is 60.2 Å². The van der Waals surface area contributed by atoms with E-state index in [2.05, 4.69) is 97.3 Å². The van der Waals surface area contributed by atoms with E-state index >= 15 is 0 Å². The van der Waals surface area contributed by atoms with Gasteiger partial charge < -0.3 is 38.5 Å². The fraction of sp³-hybridized carbons (Fsp3) is 0.185. The molecule has 4 heteroatoms. The van der Waals surface area contributed by atoms with Crippen LogP contribution in [0.4, 0.5) is 0 Å². The maximum atomic E-state index is 2.48. The summed E-state index contributed by atoms with van der Waals surface area (Å²) in [6.45, 7) is 4.24. The summed E-state index contributed by atoms with van der Waals surface area (Å²) >= 11 is 0. The molecule has 0 spiro atoms. The summed E-state index contributed by atoms with van der Waals surface area (Å²) in [6, 6.07) is 28.4. The van der Waals surface area contributed by atoms with Crippen LogP contribution in [0, 0.1) is 13.8 Å². The Morgan fingerprint density at radius 1 is 0.903 bits per heavy atom. The van der Waals surface area contributed by atoms with Crippen LogP contribution in [0.5, 0.6) is 0 Å². The molecule has 0 unspecified atom stereocenters. The Hall–Kier alpha value is -1.22. The maximum Gasteiger partial charge on any atom is 4.00 e. The van der Waals surface area contributed by atoms with Crippen LogP contribution in [-0.2, 0) is 39.0 Å². The molecule has 31 heavy (non-hydrogen) atoms. The minimum Gasteiger partial charge on any atom is -1.00 e. The Kier molecular flexibility index (Phi) is 9.31. The number of rotatable bonds is 1. The van der Waals surface area contributed by atoms with Crippen molar-refractivity contribution in [2.45, 2.75) is 33.1 Å². The minimum absolute atomic E-state index is 0. The molecule has 1 aromatic heterocycles. The van der Waals surface area contributed by atoms with Crippen LogP contribution in [0.3, 0.4) is 0 Å². The molecule has 1 aliphatic rings. The summed E-state index contributed by atoms with van der Waals surface area (Å²) < 4.78 is 2.48. The van der Waals surface area contributed by atoms with E-state index in [9.17, 15) is 0 Å². The van der Waals surface area contributed by atoms with E-state index in [0.717, 1.165) is 0 Å². The SMILES string of the molecule is Cc1ccc[c-]1C.[Br-].[Br-].[Zr+4].c1ccc2[cH-]c(-n3c4c(c5ccccc53)CCC4)cc2c1. The van der Waals surface area contributed by atoms with E-state index in [1.54, 1.807) is 5.56 Å². The van der Waals surface area contributed by atoms with Crippen molar-refractivity contribution in [1.82, 2.24) is 4.57 Å². The van der Waals surface area contributed by atoms with Crippen LogP contribution in [0.1, 0.15) is 28.8 Å². The first-order valence-electron chi connectivity index (χ1n) is 10.2. The molecular weight excluding hydrogens is 589 g/mol. The van der Waals surface area contributed by atoms with Gasteiger partial charge >= 0.3 is 26.2 Å². The molecule has 0 radical (unpaired) electrons. The van der Waals surface area contributed by atoms with Gasteiger partial charge in [0.25, 0.3) is 0 Å². The molecule has 1 aliphatic carbocycles. The maximum absolute atomic E-state index is 2.48. The molecule has 156 valence electrons. The number of fused-ring (bicyclic) bond motifs is 4. The monoisotopic (exact) mass is 611 g/mol. The third kappa shape index (κ3) is 4.92. The summed E-state index contributed by atoms with van der Waals surface area (Å²) in [4.78, 5) is 0. The normalized spacial score (nSPS) is 11.7. The number of halogens is 2. The second-order valence-electron chi connectivity index (χ2n) is 7.87. The number of hydrogen-bond acceptors (Lipinski definition) is 0. The van der Waals surface area contributed by atoms with Crippen molar-refractivity contribution in [2.75, 3.05) is 0 Å². The first kappa shape index (κ1) is 26.0. The van der Waals surface area contributed by atoms with Gasteiger partial charge in [-0.2, -0.15) is 17.2 Å². The van der Waals surface area contributed by atoms with Gasteiger partial charge in [0.15, 0.2) is 0 Å². The summed E-state index contributed by atoms with van der Waals surface area (Å²) in [5.74, 6) is 0. The zero-order chi connectivity index (χ0) is 19.1. The van der Waals surface area contributed by atoms with Crippen LogP contribution in [0.25, 0.3) is 27.4 Å². The zero-order valence-corrected chi connectivity index (χ0v) is 23.5. The fourth-order valence-corrected chi connectivity index (χ4v) is 4.49. The van der Waals surface area contributed by atoms with Crippen LogP contribution in [0.15, 0.2) is 78.9 Å². The number of aryl methyl sites for hydroxylation is 3. The van der Waals surface area contributed by atoms with Crippen LogP contribution >= 0.6 is 0 Å². The van der Waals surface area contributed by atoms with Gasteiger partial charge in [-0.05, 0) is 36.6 Å². The zero-order valence-electron chi connectivity index (χ0n) is 17.8. The molecule has 5 aromatic rings. The largest absolute Gasteiger partial charge is 4.00 e. The third-order valence-corrected chi connectivity index (χ3v) is 6.10. The first-order valence-corrected chi connectivity index (χ1v) is 10.2. The smallest absolute Gasteiger partial charge is 1.00 e. The number of benzene rings is 2. The van der Waals surface area contributed by atoms with Crippen molar-refractivity contribution in [1.29, 1.82) is 0 Å². The molecule has 1 heterocycles. The molecule has 0 saturated carbocycles.